The Morgan fingerprint density at radius 1 is 0.688 bits per heavy atom. The summed E-state index contributed by atoms with van der Waals surface area (Å²) in [5.74, 6) is 0. The molecule has 0 saturated carbocycles. The van der Waals surface area contributed by atoms with Crippen LogP contribution in [0.15, 0.2) is 83.0 Å². The molecule has 0 spiro atoms. The predicted octanol–water partition coefficient (Wildman–Crippen LogP) is 3.92. The number of hydrogen-bond acceptors (Lipinski definition) is 4. The molecule has 0 atom stereocenters. The lowest BCUT2D eigenvalue weighted by Crippen LogP contribution is -2.35. The largest absolute Gasteiger partial charge is 0.362 e. The molecule has 3 rings (SSSR count). The van der Waals surface area contributed by atoms with E-state index in [1.54, 1.807) is 0 Å². The third-order valence-electron chi connectivity index (χ3n) is 4.53. The number of benzene rings is 3. The van der Waals surface area contributed by atoms with Gasteiger partial charge in [0.15, 0.2) is 10.2 Å². The molecule has 3 aromatic carbocycles. The molecule has 0 unspecified atom stereocenters. The summed E-state index contributed by atoms with van der Waals surface area (Å²) in [6.07, 6.45) is 0. The van der Waals surface area contributed by atoms with Crippen LogP contribution in [0.5, 0.6) is 0 Å². The van der Waals surface area contributed by atoms with E-state index < -0.39 is 0 Å². The van der Waals surface area contributed by atoms with Crippen molar-refractivity contribution >= 4 is 56.9 Å². The van der Waals surface area contributed by atoms with Crippen molar-refractivity contribution in [1.29, 1.82) is 0 Å². The van der Waals surface area contributed by atoms with Crippen LogP contribution in [0.2, 0.25) is 0 Å². The normalized spacial score (nSPS) is 11.7. The summed E-state index contributed by atoms with van der Waals surface area (Å²) in [7, 11) is 0. The van der Waals surface area contributed by atoms with Crippen molar-refractivity contribution in [3.05, 3.63) is 83.9 Å². The first kappa shape index (κ1) is 23.3. The van der Waals surface area contributed by atoms with Gasteiger partial charge < -0.3 is 10.6 Å². The van der Waals surface area contributed by atoms with Crippen LogP contribution in [0.25, 0.3) is 10.8 Å². The van der Waals surface area contributed by atoms with Crippen LogP contribution in [0.1, 0.15) is 25.0 Å². The van der Waals surface area contributed by atoms with E-state index in [4.69, 9.17) is 29.5 Å². The molecule has 164 valence electrons. The van der Waals surface area contributed by atoms with Gasteiger partial charge in [0.05, 0.1) is 0 Å². The van der Waals surface area contributed by atoms with E-state index in [1.165, 1.54) is 0 Å². The number of fused-ring (bicyclic) bond motifs is 1. The van der Waals surface area contributed by atoms with Gasteiger partial charge in [0, 0.05) is 24.2 Å². The van der Waals surface area contributed by atoms with Gasteiger partial charge in [0.2, 0.25) is 0 Å². The Kier molecular flexibility index (Phi) is 8.65. The molecule has 0 aliphatic carbocycles. The van der Waals surface area contributed by atoms with Crippen molar-refractivity contribution in [3.8, 4) is 0 Å². The van der Waals surface area contributed by atoms with Crippen LogP contribution in [0.3, 0.4) is 0 Å². The molecule has 0 bridgehead atoms. The Labute approximate surface area is 199 Å². The molecule has 32 heavy (non-hydrogen) atoms. The molecule has 0 amide bonds. The van der Waals surface area contributed by atoms with E-state index >= 15 is 0 Å². The van der Waals surface area contributed by atoms with Crippen molar-refractivity contribution in [2.45, 2.75) is 13.8 Å². The van der Waals surface area contributed by atoms with Crippen LogP contribution in [-0.2, 0) is 0 Å². The van der Waals surface area contributed by atoms with E-state index in [2.05, 4.69) is 44.8 Å². The average Bonchev–Trinajstić information content (AvgIpc) is 2.82. The van der Waals surface area contributed by atoms with Crippen LogP contribution < -0.4 is 21.5 Å². The Morgan fingerprint density at radius 2 is 1.25 bits per heavy atom. The highest BCUT2D eigenvalue weighted by atomic mass is 32.1. The standard InChI is InChI=1S/C24H26N6S2/c1-3-25-23(31)29-27-21(18-12-6-5-7-13-18)22(28-30-24(32)26-4-2)20-16-10-14-17-11-8-9-15-19(17)20/h5-16H,3-4H2,1-2H3,(H2,25,29,31)(H2,26,30,32). The molecule has 6 nitrogen and oxygen atoms in total. The highest BCUT2D eigenvalue weighted by Gasteiger charge is 2.18. The Hall–Kier alpha value is -3.36. The quantitative estimate of drug-likeness (QED) is 0.242. The molecule has 0 saturated heterocycles. The maximum atomic E-state index is 5.35. The van der Waals surface area contributed by atoms with Gasteiger partial charge >= 0.3 is 0 Å². The molecule has 0 aromatic heterocycles. The zero-order valence-corrected chi connectivity index (χ0v) is 19.7. The first-order valence-corrected chi connectivity index (χ1v) is 11.2. The topological polar surface area (TPSA) is 72.8 Å². The summed E-state index contributed by atoms with van der Waals surface area (Å²) < 4.78 is 0. The van der Waals surface area contributed by atoms with Crippen LogP contribution in [-0.4, -0.2) is 34.7 Å². The monoisotopic (exact) mass is 462 g/mol. The van der Waals surface area contributed by atoms with E-state index in [-0.39, 0.29) is 0 Å². The number of nitrogens with one attached hydrogen (secondary N) is 4. The summed E-state index contributed by atoms with van der Waals surface area (Å²) in [6.45, 7) is 5.35. The SMILES string of the molecule is CCNC(=S)NN=C(C(=NNC(=S)NCC)c1cccc2ccccc12)c1ccccc1. The van der Waals surface area contributed by atoms with E-state index in [1.807, 2.05) is 68.4 Å². The molecule has 4 N–H and O–H groups in total. The number of nitrogens with zero attached hydrogens (tertiary/aromatic N) is 2. The maximum Gasteiger partial charge on any atom is 0.186 e. The second-order valence-electron chi connectivity index (χ2n) is 6.76. The molecular formula is C24H26N6S2. The van der Waals surface area contributed by atoms with Crippen LogP contribution in [0, 0.1) is 0 Å². The van der Waals surface area contributed by atoms with Crippen LogP contribution in [0.4, 0.5) is 0 Å². The van der Waals surface area contributed by atoms with Crippen molar-refractivity contribution < 1.29 is 0 Å². The molecule has 0 aliphatic rings. The number of rotatable bonds is 7. The minimum atomic E-state index is 0.439. The van der Waals surface area contributed by atoms with Crippen molar-refractivity contribution in [2.24, 2.45) is 10.2 Å². The molecular weight excluding hydrogens is 436 g/mol. The fraction of sp³-hybridized carbons (Fsp3) is 0.167. The molecule has 0 radical (unpaired) electrons. The fourth-order valence-electron chi connectivity index (χ4n) is 3.14. The molecule has 3 aromatic rings. The van der Waals surface area contributed by atoms with Gasteiger partial charge in [0.25, 0.3) is 0 Å². The maximum absolute atomic E-state index is 5.35. The van der Waals surface area contributed by atoms with Gasteiger partial charge in [0.1, 0.15) is 11.4 Å². The van der Waals surface area contributed by atoms with E-state index in [9.17, 15) is 0 Å². The Bertz CT molecular complexity index is 1140. The predicted molar refractivity (Wildman–Crippen MR) is 142 cm³/mol. The van der Waals surface area contributed by atoms with Gasteiger partial charge in [-0.25, -0.2) is 0 Å². The van der Waals surface area contributed by atoms with Crippen LogP contribution >= 0.6 is 24.4 Å². The summed E-state index contributed by atoms with van der Waals surface area (Å²) in [4.78, 5) is 0. The number of hydrazone groups is 2. The van der Waals surface area contributed by atoms with Gasteiger partial charge in [-0.2, -0.15) is 10.2 Å². The minimum absolute atomic E-state index is 0.439. The minimum Gasteiger partial charge on any atom is -0.362 e. The van der Waals surface area contributed by atoms with Gasteiger partial charge in [-0.3, -0.25) is 10.9 Å². The number of thiocarbonyl (C=S) groups is 2. The zero-order chi connectivity index (χ0) is 22.8. The van der Waals surface area contributed by atoms with Gasteiger partial charge in [-0.1, -0.05) is 72.8 Å². The van der Waals surface area contributed by atoms with E-state index in [0.717, 1.165) is 21.9 Å². The molecule has 0 heterocycles. The summed E-state index contributed by atoms with van der Waals surface area (Å²) in [5, 5.41) is 18.5. The third kappa shape index (κ3) is 6.09. The van der Waals surface area contributed by atoms with Gasteiger partial charge in [-0.05, 0) is 49.1 Å². The van der Waals surface area contributed by atoms with E-state index in [0.29, 0.717) is 34.7 Å². The van der Waals surface area contributed by atoms with Crippen molar-refractivity contribution in [1.82, 2.24) is 21.5 Å². The highest BCUT2D eigenvalue weighted by molar-refractivity contribution is 7.80. The summed E-state index contributed by atoms with van der Waals surface area (Å²) >= 11 is 10.7. The lowest BCUT2D eigenvalue weighted by atomic mass is 9.95. The number of hydrogen-bond donors (Lipinski definition) is 4. The lowest BCUT2D eigenvalue weighted by Gasteiger charge is -2.15. The third-order valence-corrected chi connectivity index (χ3v) is 5.00. The molecule has 0 aliphatic heterocycles. The van der Waals surface area contributed by atoms with Crippen molar-refractivity contribution in [2.75, 3.05) is 13.1 Å². The average molecular weight is 463 g/mol. The first-order valence-electron chi connectivity index (χ1n) is 10.4. The zero-order valence-electron chi connectivity index (χ0n) is 18.1. The van der Waals surface area contributed by atoms with Crippen molar-refractivity contribution in [3.63, 3.8) is 0 Å². The second kappa shape index (κ2) is 11.9. The Morgan fingerprint density at radius 3 is 1.91 bits per heavy atom. The summed E-state index contributed by atoms with van der Waals surface area (Å²) in [5.41, 5.74) is 8.99. The Balaban J connectivity index is 2.17. The second-order valence-corrected chi connectivity index (χ2v) is 7.57. The molecule has 0 fully saturated rings. The smallest absolute Gasteiger partial charge is 0.186 e. The van der Waals surface area contributed by atoms with Gasteiger partial charge in [-0.15, -0.1) is 0 Å². The molecule has 8 heteroatoms. The first-order chi connectivity index (χ1) is 15.6. The fourth-order valence-corrected chi connectivity index (χ4v) is 3.52. The lowest BCUT2D eigenvalue weighted by molar-refractivity contribution is 0.898. The highest BCUT2D eigenvalue weighted by Crippen LogP contribution is 2.21. The summed E-state index contributed by atoms with van der Waals surface area (Å²) in [6, 6.07) is 24.1.